The Bertz CT molecular complexity index is 52.0. The lowest BCUT2D eigenvalue weighted by Gasteiger charge is -1.85. The van der Waals surface area contributed by atoms with Crippen molar-refractivity contribution in [3.8, 4) is 0 Å². The van der Waals surface area contributed by atoms with Crippen LogP contribution in [-0.4, -0.2) is 20.0 Å². The molecule has 1 fully saturated rings. The van der Waals surface area contributed by atoms with Gasteiger partial charge in [0.15, 0.2) is 0 Å². The van der Waals surface area contributed by atoms with Crippen LogP contribution in [-0.2, 0) is 4.74 Å². The van der Waals surface area contributed by atoms with E-state index >= 15 is 0 Å². The molecule has 0 bridgehead atoms. The van der Waals surface area contributed by atoms with E-state index in [0.717, 1.165) is 6.61 Å². The first kappa shape index (κ1) is 5.17. The van der Waals surface area contributed by atoms with Crippen LogP contribution in [0.25, 0.3) is 0 Å². The van der Waals surface area contributed by atoms with E-state index in [-0.39, 0.29) is 0 Å². The second kappa shape index (κ2) is 2.36. The van der Waals surface area contributed by atoms with E-state index in [1.807, 2.05) is 0 Å². The number of rotatable bonds is 3. The molecule has 1 radical (unpaired) electrons. The third-order valence-electron chi connectivity index (χ3n) is 1.18. The van der Waals surface area contributed by atoms with Gasteiger partial charge in [0.2, 0.25) is 0 Å². The lowest BCUT2D eigenvalue weighted by Crippen LogP contribution is -1.86. The van der Waals surface area contributed by atoms with E-state index < -0.39 is 0 Å². The number of ether oxygens (including phenoxy) is 1. The molecule has 0 aromatic carbocycles. The summed E-state index contributed by atoms with van der Waals surface area (Å²) >= 11 is 0. The van der Waals surface area contributed by atoms with Gasteiger partial charge in [-0.2, -0.15) is 0 Å². The minimum absolute atomic E-state index is 0.621. The molecule has 0 aromatic heterocycles. The van der Waals surface area contributed by atoms with Crippen molar-refractivity contribution in [1.29, 1.82) is 0 Å². The molecule has 1 rings (SSSR count). The molecule has 1 aliphatic rings. The van der Waals surface area contributed by atoms with Crippen LogP contribution in [0.3, 0.4) is 0 Å². The first-order chi connectivity index (χ1) is 3.43. The first-order valence-electron chi connectivity index (χ1n) is 2.83. The van der Waals surface area contributed by atoms with Crippen LogP contribution in [0, 0.1) is 0 Å². The van der Waals surface area contributed by atoms with E-state index in [0.29, 0.717) is 6.10 Å². The van der Waals surface area contributed by atoms with Gasteiger partial charge in [-0.25, -0.2) is 0 Å². The molecule has 0 aromatic rings. The Balaban J connectivity index is 1.80. The average molecular weight is 96.9 g/mol. The molecule has 0 N–H and O–H groups in total. The molecule has 1 nitrogen and oxygen atoms in total. The molecule has 0 aliphatic carbocycles. The lowest BCUT2D eigenvalue weighted by molar-refractivity contribution is 0.403. The smallest absolute Gasteiger partial charge is 0.105 e. The molecule has 1 unspecified atom stereocenters. The second-order valence-electron chi connectivity index (χ2n) is 1.94. The van der Waals surface area contributed by atoms with Crippen molar-refractivity contribution in [2.75, 3.05) is 6.61 Å². The first-order valence-corrected chi connectivity index (χ1v) is 2.83. The van der Waals surface area contributed by atoms with E-state index in [4.69, 9.17) is 4.74 Å². The quantitative estimate of drug-likeness (QED) is 0.377. The van der Waals surface area contributed by atoms with Gasteiger partial charge < -0.3 is 4.74 Å². The molecule has 1 saturated heterocycles. The third kappa shape index (κ3) is 1.98. The van der Waals surface area contributed by atoms with Gasteiger partial charge in [-0.1, -0.05) is 13.1 Å². The van der Waals surface area contributed by atoms with Crippen LogP contribution in [0.15, 0.2) is 0 Å². The van der Waals surface area contributed by atoms with Gasteiger partial charge in [0.25, 0.3) is 0 Å². The van der Waals surface area contributed by atoms with Crippen molar-refractivity contribution in [2.45, 2.75) is 25.7 Å². The molecule has 1 heterocycles. The van der Waals surface area contributed by atoms with Crippen LogP contribution in [0.4, 0.5) is 0 Å². The molecule has 0 saturated carbocycles. The fraction of sp³-hybridized carbons (Fsp3) is 1.00. The fourth-order valence-electron chi connectivity index (χ4n) is 0.587. The van der Waals surface area contributed by atoms with Crippen molar-refractivity contribution >= 4 is 7.28 Å². The maximum atomic E-state index is 4.99. The van der Waals surface area contributed by atoms with Gasteiger partial charge in [0.1, 0.15) is 7.28 Å². The highest BCUT2D eigenvalue weighted by Crippen LogP contribution is 2.14. The van der Waals surface area contributed by atoms with E-state index in [9.17, 15) is 0 Å². The summed E-state index contributed by atoms with van der Waals surface area (Å²) in [5.41, 5.74) is 0. The zero-order chi connectivity index (χ0) is 5.11. The largest absolute Gasteiger partial charge is 0.373 e. The Morgan fingerprint density at radius 1 is 1.86 bits per heavy atom. The van der Waals surface area contributed by atoms with Crippen molar-refractivity contribution in [3.05, 3.63) is 0 Å². The Kier molecular flexibility index (Phi) is 1.74. The fourth-order valence-corrected chi connectivity index (χ4v) is 0.587. The van der Waals surface area contributed by atoms with Crippen molar-refractivity contribution < 1.29 is 4.74 Å². The van der Waals surface area contributed by atoms with E-state index in [2.05, 4.69) is 14.1 Å². The normalized spacial score (nSPS) is 27.3. The van der Waals surface area contributed by atoms with Gasteiger partial charge in [-0.15, -0.1) is 0 Å². The monoisotopic (exact) mass is 97.1 g/mol. The highest BCUT2D eigenvalue weighted by atomic mass is 16.6. The molecule has 1 aliphatic heterocycles. The SMILES string of the molecule is C[B]CCC1CO1. The molecular formula is C5H10BO. The maximum Gasteiger partial charge on any atom is 0.105 e. The van der Waals surface area contributed by atoms with Crippen LogP contribution >= 0.6 is 0 Å². The zero-order valence-corrected chi connectivity index (χ0v) is 4.68. The van der Waals surface area contributed by atoms with Crippen LogP contribution in [0.5, 0.6) is 0 Å². The molecule has 7 heavy (non-hydrogen) atoms. The van der Waals surface area contributed by atoms with Crippen LogP contribution < -0.4 is 0 Å². The van der Waals surface area contributed by atoms with Crippen LogP contribution in [0.1, 0.15) is 6.42 Å². The standard InChI is InChI=1S/C5H10BO/c1-6-3-2-5-4-7-5/h5H,2-4H2,1H3. The zero-order valence-electron chi connectivity index (χ0n) is 4.68. The van der Waals surface area contributed by atoms with Gasteiger partial charge in [0, 0.05) is 0 Å². The number of hydrogen-bond acceptors (Lipinski definition) is 1. The highest BCUT2D eigenvalue weighted by molar-refractivity contribution is 6.33. The summed E-state index contributed by atoms with van der Waals surface area (Å²) in [7, 11) is 2.18. The topological polar surface area (TPSA) is 12.5 Å². The van der Waals surface area contributed by atoms with Gasteiger partial charge in [-0.3, -0.25) is 0 Å². The predicted octanol–water partition coefficient (Wildman–Crippen LogP) is 0.946. The Morgan fingerprint density at radius 2 is 2.57 bits per heavy atom. The summed E-state index contributed by atoms with van der Waals surface area (Å²) in [6, 6.07) is 0. The van der Waals surface area contributed by atoms with Crippen molar-refractivity contribution in [3.63, 3.8) is 0 Å². The molecule has 0 amide bonds. The molecule has 0 spiro atoms. The third-order valence-corrected chi connectivity index (χ3v) is 1.18. The molecule has 2 heteroatoms. The summed E-state index contributed by atoms with van der Waals surface area (Å²) < 4.78 is 4.99. The summed E-state index contributed by atoms with van der Waals surface area (Å²) in [6.45, 7) is 3.09. The van der Waals surface area contributed by atoms with E-state index in [1.165, 1.54) is 12.7 Å². The van der Waals surface area contributed by atoms with Gasteiger partial charge in [-0.05, 0) is 6.42 Å². The number of epoxide rings is 1. The molecule has 1 atom stereocenters. The number of hydrogen-bond donors (Lipinski definition) is 0. The highest BCUT2D eigenvalue weighted by Gasteiger charge is 2.20. The molecular weight excluding hydrogens is 86.9 g/mol. The summed E-state index contributed by atoms with van der Waals surface area (Å²) in [5, 5.41) is 0. The average Bonchev–Trinajstić information content (AvgIpc) is 2.42. The van der Waals surface area contributed by atoms with Crippen LogP contribution in [0.2, 0.25) is 13.1 Å². The van der Waals surface area contributed by atoms with Crippen molar-refractivity contribution in [2.24, 2.45) is 0 Å². The lowest BCUT2D eigenvalue weighted by atomic mass is 9.76. The van der Waals surface area contributed by atoms with Gasteiger partial charge >= 0.3 is 0 Å². The summed E-state index contributed by atoms with van der Waals surface area (Å²) in [4.78, 5) is 0. The predicted molar refractivity (Wildman–Crippen MR) is 30.8 cm³/mol. The van der Waals surface area contributed by atoms with Crippen molar-refractivity contribution in [1.82, 2.24) is 0 Å². The summed E-state index contributed by atoms with van der Waals surface area (Å²) in [6.07, 6.45) is 3.07. The molecule has 39 valence electrons. The van der Waals surface area contributed by atoms with E-state index in [1.54, 1.807) is 0 Å². The minimum atomic E-state index is 0.621. The minimum Gasteiger partial charge on any atom is -0.373 e. The Morgan fingerprint density at radius 3 is 3.00 bits per heavy atom. The second-order valence-corrected chi connectivity index (χ2v) is 1.94. The maximum absolute atomic E-state index is 4.99. The van der Waals surface area contributed by atoms with Gasteiger partial charge in [0.05, 0.1) is 12.7 Å². The Labute approximate surface area is 45.3 Å². The summed E-state index contributed by atoms with van der Waals surface area (Å²) in [5.74, 6) is 0. The Hall–Kier alpha value is 0.0249.